The predicted octanol–water partition coefficient (Wildman–Crippen LogP) is 2.75. The molecule has 0 spiro atoms. The van der Waals surface area contributed by atoms with Gasteiger partial charge in [0.1, 0.15) is 0 Å². The van der Waals surface area contributed by atoms with Crippen LogP contribution in [0.25, 0.3) is 0 Å². The molecule has 0 bridgehead atoms. The highest BCUT2D eigenvalue weighted by Gasteiger charge is 2.41. The van der Waals surface area contributed by atoms with Crippen LogP contribution in [0.1, 0.15) is 50.9 Å². The fraction of sp³-hybridized carbons (Fsp3) is 0.400. The Morgan fingerprint density at radius 2 is 1.81 bits per heavy atom. The second kappa shape index (κ2) is 6.64. The van der Waals surface area contributed by atoms with Crippen LogP contribution < -0.4 is 0 Å². The van der Waals surface area contributed by atoms with Crippen molar-refractivity contribution < 1.29 is 9.32 Å². The van der Waals surface area contributed by atoms with Gasteiger partial charge in [-0.15, -0.1) is 0 Å². The van der Waals surface area contributed by atoms with Crippen molar-refractivity contribution in [2.45, 2.75) is 32.6 Å². The molecule has 1 fully saturated rings. The lowest BCUT2D eigenvalue weighted by molar-refractivity contribution is 0.0786. The molecule has 0 saturated carbocycles. The van der Waals surface area contributed by atoms with E-state index in [2.05, 4.69) is 27.4 Å². The SMILES string of the molecule is Cc1noc([C@@H]2CN(C(=O)c3c(C)nn(C)c3C)C[C@@H]2c2ccccc2)n1. The quantitative estimate of drug-likeness (QED) is 0.713. The molecule has 140 valence electrons. The molecule has 7 heteroatoms. The molecule has 1 aliphatic heterocycles. The number of hydrogen-bond acceptors (Lipinski definition) is 5. The number of amides is 1. The molecule has 1 amide bonds. The number of hydrogen-bond donors (Lipinski definition) is 0. The van der Waals surface area contributed by atoms with Crippen molar-refractivity contribution in [3.05, 3.63) is 64.6 Å². The van der Waals surface area contributed by atoms with Crippen molar-refractivity contribution >= 4 is 5.91 Å². The van der Waals surface area contributed by atoms with Crippen LogP contribution >= 0.6 is 0 Å². The maximum Gasteiger partial charge on any atom is 0.257 e. The highest BCUT2D eigenvalue weighted by atomic mass is 16.5. The molecule has 3 heterocycles. The van der Waals surface area contributed by atoms with Crippen LogP contribution in [0, 0.1) is 20.8 Å². The fourth-order valence-corrected chi connectivity index (χ4v) is 3.96. The van der Waals surface area contributed by atoms with E-state index in [-0.39, 0.29) is 17.7 Å². The van der Waals surface area contributed by atoms with Crippen LogP contribution in [-0.2, 0) is 7.05 Å². The van der Waals surface area contributed by atoms with E-state index in [1.54, 1.807) is 4.68 Å². The van der Waals surface area contributed by atoms with Crippen molar-refractivity contribution in [3.8, 4) is 0 Å². The number of rotatable bonds is 3. The van der Waals surface area contributed by atoms with Gasteiger partial charge in [-0.3, -0.25) is 9.48 Å². The molecule has 0 unspecified atom stereocenters. The third kappa shape index (κ3) is 3.03. The first-order valence-electron chi connectivity index (χ1n) is 9.10. The van der Waals surface area contributed by atoms with Gasteiger partial charge in [0, 0.05) is 31.7 Å². The molecule has 0 aliphatic carbocycles. The first kappa shape index (κ1) is 17.5. The van der Waals surface area contributed by atoms with Crippen LogP contribution in [0.2, 0.25) is 0 Å². The van der Waals surface area contributed by atoms with E-state index in [0.717, 1.165) is 11.4 Å². The summed E-state index contributed by atoms with van der Waals surface area (Å²) < 4.78 is 7.23. The van der Waals surface area contributed by atoms with E-state index in [0.29, 0.717) is 30.4 Å². The Labute approximate surface area is 158 Å². The third-order valence-electron chi connectivity index (χ3n) is 5.42. The Hall–Kier alpha value is -2.96. The zero-order valence-corrected chi connectivity index (χ0v) is 16.0. The minimum absolute atomic E-state index is 0.0118. The molecule has 2 aromatic heterocycles. The summed E-state index contributed by atoms with van der Waals surface area (Å²) in [6, 6.07) is 10.2. The highest BCUT2D eigenvalue weighted by molar-refractivity contribution is 5.96. The zero-order valence-electron chi connectivity index (χ0n) is 16.0. The van der Waals surface area contributed by atoms with Crippen LogP contribution in [0.5, 0.6) is 0 Å². The Morgan fingerprint density at radius 3 is 2.41 bits per heavy atom. The summed E-state index contributed by atoms with van der Waals surface area (Å²) in [5, 5.41) is 8.34. The van der Waals surface area contributed by atoms with Crippen LogP contribution in [-0.4, -0.2) is 43.8 Å². The lowest BCUT2D eigenvalue weighted by Gasteiger charge is -2.17. The Kier molecular flexibility index (Phi) is 4.30. The number of benzene rings is 1. The number of carbonyl (C=O) groups excluding carboxylic acids is 1. The van der Waals surface area contributed by atoms with Crippen molar-refractivity contribution in [3.63, 3.8) is 0 Å². The minimum atomic E-state index is -0.0187. The van der Waals surface area contributed by atoms with E-state index in [1.165, 1.54) is 5.56 Å². The number of aryl methyl sites for hydroxylation is 3. The molecule has 7 nitrogen and oxygen atoms in total. The molecule has 1 saturated heterocycles. The molecule has 1 aromatic carbocycles. The van der Waals surface area contributed by atoms with E-state index in [4.69, 9.17) is 4.52 Å². The summed E-state index contributed by atoms with van der Waals surface area (Å²) in [6.45, 7) is 6.78. The maximum atomic E-state index is 13.3. The molecular weight excluding hydrogens is 342 g/mol. The van der Waals surface area contributed by atoms with Gasteiger partial charge in [0.25, 0.3) is 5.91 Å². The zero-order chi connectivity index (χ0) is 19.1. The average molecular weight is 365 g/mol. The molecular formula is C20H23N5O2. The van der Waals surface area contributed by atoms with Gasteiger partial charge >= 0.3 is 0 Å². The summed E-state index contributed by atoms with van der Waals surface area (Å²) in [7, 11) is 1.86. The van der Waals surface area contributed by atoms with Gasteiger partial charge in [-0.2, -0.15) is 10.1 Å². The Bertz CT molecular complexity index is 976. The van der Waals surface area contributed by atoms with E-state index < -0.39 is 0 Å². The van der Waals surface area contributed by atoms with Crippen LogP contribution in [0.15, 0.2) is 34.9 Å². The van der Waals surface area contributed by atoms with Gasteiger partial charge in [-0.05, 0) is 26.3 Å². The largest absolute Gasteiger partial charge is 0.339 e. The van der Waals surface area contributed by atoms with Gasteiger partial charge in [-0.25, -0.2) is 0 Å². The first-order chi connectivity index (χ1) is 13.0. The molecule has 1 aliphatic rings. The molecule has 0 radical (unpaired) electrons. The van der Waals surface area contributed by atoms with Gasteiger partial charge < -0.3 is 9.42 Å². The first-order valence-corrected chi connectivity index (χ1v) is 9.10. The van der Waals surface area contributed by atoms with Gasteiger partial charge in [0.05, 0.1) is 17.2 Å². The van der Waals surface area contributed by atoms with Crippen LogP contribution in [0.3, 0.4) is 0 Å². The average Bonchev–Trinajstić information content (AvgIpc) is 3.34. The van der Waals surface area contributed by atoms with Crippen molar-refractivity contribution in [2.24, 2.45) is 7.05 Å². The monoisotopic (exact) mass is 365 g/mol. The van der Waals surface area contributed by atoms with Gasteiger partial charge in [0.2, 0.25) is 5.89 Å². The van der Waals surface area contributed by atoms with Crippen LogP contribution in [0.4, 0.5) is 0 Å². The predicted molar refractivity (Wildman–Crippen MR) is 99.5 cm³/mol. The second-order valence-corrected chi connectivity index (χ2v) is 7.18. The smallest absolute Gasteiger partial charge is 0.257 e. The van der Waals surface area contributed by atoms with E-state index in [1.807, 2.05) is 50.9 Å². The van der Waals surface area contributed by atoms with E-state index in [9.17, 15) is 4.79 Å². The Balaban J connectivity index is 1.69. The second-order valence-electron chi connectivity index (χ2n) is 7.18. The number of aromatic nitrogens is 4. The normalized spacial score (nSPS) is 19.6. The molecule has 2 atom stereocenters. The molecule has 0 N–H and O–H groups in total. The molecule has 4 rings (SSSR count). The number of likely N-dealkylation sites (tertiary alicyclic amines) is 1. The van der Waals surface area contributed by atoms with Crippen molar-refractivity contribution in [2.75, 3.05) is 13.1 Å². The third-order valence-corrected chi connectivity index (χ3v) is 5.42. The minimum Gasteiger partial charge on any atom is -0.339 e. The number of carbonyl (C=O) groups is 1. The summed E-state index contributed by atoms with van der Waals surface area (Å²) >= 11 is 0. The van der Waals surface area contributed by atoms with Crippen molar-refractivity contribution in [1.82, 2.24) is 24.8 Å². The molecule has 27 heavy (non-hydrogen) atoms. The maximum absolute atomic E-state index is 13.3. The van der Waals surface area contributed by atoms with Crippen molar-refractivity contribution in [1.29, 1.82) is 0 Å². The van der Waals surface area contributed by atoms with Gasteiger partial charge in [-0.1, -0.05) is 35.5 Å². The number of nitrogens with zero attached hydrogens (tertiary/aromatic N) is 5. The highest BCUT2D eigenvalue weighted by Crippen LogP contribution is 2.39. The van der Waals surface area contributed by atoms with E-state index >= 15 is 0 Å². The Morgan fingerprint density at radius 1 is 1.11 bits per heavy atom. The lowest BCUT2D eigenvalue weighted by Crippen LogP contribution is -2.29. The summed E-state index contributed by atoms with van der Waals surface area (Å²) in [5.41, 5.74) is 3.50. The van der Waals surface area contributed by atoms with Gasteiger partial charge in [0.15, 0.2) is 5.82 Å². The summed E-state index contributed by atoms with van der Waals surface area (Å²) in [6.07, 6.45) is 0. The summed E-state index contributed by atoms with van der Waals surface area (Å²) in [5.74, 6) is 1.32. The fourth-order valence-electron chi connectivity index (χ4n) is 3.96. The topological polar surface area (TPSA) is 77.0 Å². The molecule has 3 aromatic rings. The standard InChI is InChI=1S/C20H23N5O2/c1-12-18(13(2)24(4)22-12)20(26)25-10-16(15-8-6-5-7-9-15)17(11-25)19-21-14(3)23-27-19/h5-9,16-17H,10-11H2,1-4H3/t16-,17-/m1/s1. The lowest BCUT2D eigenvalue weighted by atomic mass is 9.89. The summed E-state index contributed by atoms with van der Waals surface area (Å²) in [4.78, 5) is 19.6.